The van der Waals surface area contributed by atoms with Crippen LogP contribution in [0.5, 0.6) is 11.5 Å². The van der Waals surface area contributed by atoms with Gasteiger partial charge >= 0.3 is 0 Å². The largest absolute Gasteiger partial charge is 0.454 e. The van der Waals surface area contributed by atoms with Crippen LogP contribution in [0.25, 0.3) is 0 Å². The highest BCUT2D eigenvalue weighted by Crippen LogP contribution is 2.32. The minimum absolute atomic E-state index is 0.274. The van der Waals surface area contributed by atoms with E-state index in [1.807, 2.05) is 24.3 Å². The maximum absolute atomic E-state index is 10.3. The highest BCUT2D eigenvalue weighted by Gasteiger charge is 2.19. The predicted octanol–water partition coefficient (Wildman–Crippen LogP) is 2.12. The monoisotopic (exact) mass is 370 g/mol. The van der Waals surface area contributed by atoms with Crippen LogP contribution in [-0.4, -0.2) is 62.2 Å². The zero-order valence-corrected chi connectivity index (χ0v) is 15.4. The zero-order valence-electron chi connectivity index (χ0n) is 15.4. The molecular weight excluding hydrogens is 344 g/mol. The Kier molecular flexibility index (Phi) is 5.77. The van der Waals surface area contributed by atoms with Gasteiger partial charge in [-0.05, 0) is 29.8 Å². The van der Waals surface area contributed by atoms with Gasteiger partial charge < -0.3 is 24.2 Å². The molecule has 144 valence electrons. The topological polar surface area (TPSA) is 54.4 Å². The number of hydrogen-bond acceptors (Lipinski definition) is 6. The van der Waals surface area contributed by atoms with E-state index in [9.17, 15) is 5.11 Å². The van der Waals surface area contributed by atoms with Crippen molar-refractivity contribution in [2.75, 3.05) is 51.0 Å². The first-order valence-corrected chi connectivity index (χ1v) is 9.44. The third kappa shape index (κ3) is 4.71. The van der Waals surface area contributed by atoms with E-state index in [-0.39, 0.29) is 6.79 Å². The standard InChI is InChI=1S/C21H26N2O4/c24-19(15-25-14-17-6-7-20-21(12-17)27-16-26-20)13-22-8-10-23(11-9-22)18-4-2-1-3-5-18/h1-7,12,19,24H,8-11,13-16H2/t19-/m1/s1. The molecule has 2 aromatic rings. The Morgan fingerprint density at radius 1 is 0.963 bits per heavy atom. The Bertz CT molecular complexity index is 732. The Morgan fingerprint density at radius 2 is 1.74 bits per heavy atom. The molecule has 0 amide bonds. The molecule has 27 heavy (non-hydrogen) atoms. The Balaban J connectivity index is 1.16. The molecule has 2 aliphatic rings. The van der Waals surface area contributed by atoms with Crippen molar-refractivity contribution in [3.8, 4) is 11.5 Å². The molecule has 2 aliphatic heterocycles. The number of benzene rings is 2. The molecule has 1 N–H and O–H groups in total. The van der Waals surface area contributed by atoms with E-state index in [4.69, 9.17) is 14.2 Å². The molecule has 2 heterocycles. The van der Waals surface area contributed by atoms with Gasteiger partial charge in [0.25, 0.3) is 0 Å². The minimum Gasteiger partial charge on any atom is -0.454 e. The fourth-order valence-corrected chi connectivity index (χ4v) is 3.52. The van der Waals surface area contributed by atoms with E-state index < -0.39 is 6.10 Å². The lowest BCUT2D eigenvalue weighted by molar-refractivity contribution is 0.00911. The molecule has 0 bridgehead atoms. The van der Waals surface area contributed by atoms with E-state index in [1.165, 1.54) is 5.69 Å². The molecule has 2 aromatic carbocycles. The lowest BCUT2D eigenvalue weighted by Gasteiger charge is -2.36. The van der Waals surface area contributed by atoms with Crippen molar-refractivity contribution in [1.29, 1.82) is 0 Å². The van der Waals surface area contributed by atoms with Crippen LogP contribution in [0.3, 0.4) is 0 Å². The van der Waals surface area contributed by atoms with Crippen molar-refractivity contribution >= 4 is 5.69 Å². The van der Waals surface area contributed by atoms with Crippen LogP contribution in [0, 0.1) is 0 Å². The highest BCUT2D eigenvalue weighted by atomic mass is 16.7. The van der Waals surface area contributed by atoms with E-state index in [2.05, 4.69) is 34.1 Å². The number of rotatable bonds is 7. The van der Waals surface area contributed by atoms with Crippen molar-refractivity contribution in [2.24, 2.45) is 0 Å². The van der Waals surface area contributed by atoms with E-state index in [0.29, 0.717) is 19.8 Å². The third-order valence-electron chi connectivity index (χ3n) is 4.98. The van der Waals surface area contributed by atoms with Gasteiger partial charge in [-0.15, -0.1) is 0 Å². The second-order valence-corrected chi connectivity index (χ2v) is 6.98. The summed E-state index contributed by atoms with van der Waals surface area (Å²) < 4.78 is 16.4. The molecule has 6 nitrogen and oxygen atoms in total. The second kappa shape index (κ2) is 8.61. The van der Waals surface area contributed by atoms with E-state index in [0.717, 1.165) is 43.2 Å². The summed E-state index contributed by atoms with van der Waals surface area (Å²) in [6.45, 7) is 5.56. The molecule has 0 unspecified atom stereocenters. The van der Waals surface area contributed by atoms with Crippen molar-refractivity contribution in [3.63, 3.8) is 0 Å². The van der Waals surface area contributed by atoms with Crippen molar-refractivity contribution in [3.05, 3.63) is 54.1 Å². The molecule has 0 aliphatic carbocycles. The molecule has 0 spiro atoms. The number of hydrogen-bond donors (Lipinski definition) is 1. The first kappa shape index (κ1) is 18.1. The number of β-amino-alcohol motifs (C(OH)–C–C–N with tert-alkyl or cyclic N) is 1. The number of para-hydroxylation sites is 1. The number of fused-ring (bicyclic) bond motifs is 1. The van der Waals surface area contributed by atoms with Gasteiger partial charge in [-0.1, -0.05) is 24.3 Å². The number of anilines is 1. The molecule has 0 aromatic heterocycles. The Hall–Kier alpha value is -2.28. The SMILES string of the molecule is O[C@@H](COCc1ccc2c(c1)OCO2)CN1CCN(c2ccccc2)CC1. The minimum atomic E-state index is -0.484. The van der Waals surface area contributed by atoms with Crippen molar-refractivity contribution in [2.45, 2.75) is 12.7 Å². The lowest BCUT2D eigenvalue weighted by atomic mass is 10.2. The Labute approximate surface area is 159 Å². The van der Waals surface area contributed by atoms with Crippen LogP contribution in [0.15, 0.2) is 48.5 Å². The van der Waals surface area contributed by atoms with Gasteiger partial charge in [-0.3, -0.25) is 4.90 Å². The van der Waals surface area contributed by atoms with Crippen LogP contribution >= 0.6 is 0 Å². The molecule has 6 heteroatoms. The van der Waals surface area contributed by atoms with Gasteiger partial charge in [-0.25, -0.2) is 0 Å². The smallest absolute Gasteiger partial charge is 0.231 e. The van der Waals surface area contributed by atoms with Gasteiger partial charge in [0.1, 0.15) is 0 Å². The normalized spacial score (nSPS) is 17.9. The number of ether oxygens (including phenoxy) is 3. The van der Waals surface area contributed by atoms with E-state index >= 15 is 0 Å². The summed E-state index contributed by atoms with van der Waals surface area (Å²) in [5.41, 5.74) is 2.28. The summed E-state index contributed by atoms with van der Waals surface area (Å²) in [4.78, 5) is 4.69. The quantitative estimate of drug-likeness (QED) is 0.806. The predicted molar refractivity (Wildman–Crippen MR) is 103 cm³/mol. The van der Waals surface area contributed by atoms with Crippen LogP contribution in [0.1, 0.15) is 5.56 Å². The molecule has 0 radical (unpaired) electrons. The van der Waals surface area contributed by atoms with Crippen LogP contribution in [0.4, 0.5) is 5.69 Å². The summed E-state index contributed by atoms with van der Waals surface area (Å²) in [6.07, 6.45) is -0.484. The number of aliphatic hydroxyl groups is 1. The maximum Gasteiger partial charge on any atom is 0.231 e. The summed E-state index contributed by atoms with van der Waals surface area (Å²) in [6, 6.07) is 16.3. The summed E-state index contributed by atoms with van der Waals surface area (Å²) in [7, 11) is 0. The Morgan fingerprint density at radius 3 is 2.56 bits per heavy atom. The van der Waals surface area contributed by atoms with Gasteiger partial charge in [0, 0.05) is 38.4 Å². The van der Waals surface area contributed by atoms with Gasteiger partial charge in [0.15, 0.2) is 11.5 Å². The van der Waals surface area contributed by atoms with Crippen molar-refractivity contribution < 1.29 is 19.3 Å². The second-order valence-electron chi connectivity index (χ2n) is 6.98. The first-order valence-electron chi connectivity index (χ1n) is 9.44. The number of nitrogens with zero attached hydrogens (tertiary/aromatic N) is 2. The third-order valence-corrected chi connectivity index (χ3v) is 4.98. The average Bonchev–Trinajstić information content (AvgIpc) is 3.17. The molecule has 1 atom stereocenters. The summed E-state index contributed by atoms with van der Waals surface area (Å²) in [5.74, 6) is 1.53. The summed E-state index contributed by atoms with van der Waals surface area (Å²) >= 11 is 0. The molecular formula is C21H26N2O4. The van der Waals surface area contributed by atoms with Crippen LogP contribution in [0.2, 0.25) is 0 Å². The maximum atomic E-state index is 10.3. The van der Waals surface area contributed by atoms with Crippen LogP contribution in [-0.2, 0) is 11.3 Å². The fourth-order valence-electron chi connectivity index (χ4n) is 3.52. The van der Waals surface area contributed by atoms with Gasteiger partial charge in [-0.2, -0.15) is 0 Å². The fraction of sp³-hybridized carbons (Fsp3) is 0.429. The zero-order chi connectivity index (χ0) is 18.5. The van der Waals surface area contributed by atoms with Crippen molar-refractivity contribution in [1.82, 2.24) is 4.90 Å². The molecule has 4 rings (SSSR count). The molecule has 1 fully saturated rings. The molecule has 1 saturated heterocycles. The lowest BCUT2D eigenvalue weighted by Crippen LogP contribution is -2.49. The van der Waals surface area contributed by atoms with Crippen LogP contribution < -0.4 is 14.4 Å². The van der Waals surface area contributed by atoms with Gasteiger partial charge in [0.05, 0.1) is 19.3 Å². The summed E-state index contributed by atoms with van der Waals surface area (Å²) in [5, 5.41) is 10.3. The first-order chi connectivity index (χ1) is 13.3. The molecule has 0 saturated carbocycles. The van der Waals surface area contributed by atoms with E-state index in [1.54, 1.807) is 0 Å². The number of aliphatic hydroxyl groups excluding tert-OH is 1. The average molecular weight is 370 g/mol. The van der Waals surface area contributed by atoms with Gasteiger partial charge in [0.2, 0.25) is 6.79 Å². The number of piperazine rings is 1. The highest BCUT2D eigenvalue weighted by molar-refractivity contribution is 5.46.